The molecule has 0 atom stereocenters. The zero-order valence-electron chi connectivity index (χ0n) is 30.2. The predicted molar refractivity (Wildman–Crippen MR) is 219 cm³/mol. The lowest BCUT2D eigenvalue weighted by molar-refractivity contribution is 0.0697. The number of hydrogen-bond acceptors (Lipinski definition) is 20. The molecule has 0 radical (unpaired) electrons. The van der Waals surface area contributed by atoms with Gasteiger partial charge < -0.3 is 39.8 Å². The highest BCUT2D eigenvalue weighted by molar-refractivity contribution is 8.19. The summed E-state index contributed by atoms with van der Waals surface area (Å²) in [6, 6.07) is 11.5. The third-order valence-corrected chi connectivity index (χ3v) is 12.3. The number of aromatic hydroxyl groups is 3. The number of sulfonamides is 1. The summed E-state index contributed by atoms with van der Waals surface area (Å²) in [7, 11) is -19.7. The SMILES string of the molecule is Nc1c(N=Nc2ccc3cc(S(=O)(=O)O)c(N=Nc4cc(S(N)(=O)=O)ccc4O)c(O)c3c2)cc(S(=O)(=O)O)c2cc(S(O)(O)O)c(N=Nc3cc(Cl)ccc3C(=O)O)c(O)c12. The number of halogens is 1. The molecule has 0 aliphatic heterocycles. The number of hydrogen-bond donors (Lipinski definition) is 11. The van der Waals surface area contributed by atoms with Crippen LogP contribution in [0.25, 0.3) is 21.5 Å². The molecule has 324 valence electrons. The molecular weight excluding hydrogens is 928 g/mol. The molecule has 0 heterocycles. The van der Waals surface area contributed by atoms with E-state index in [2.05, 4.69) is 30.7 Å². The van der Waals surface area contributed by atoms with E-state index < -0.39 is 134 Å². The van der Waals surface area contributed by atoms with E-state index >= 15 is 0 Å². The monoisotopic (exact) mass is 952 g/mol. The normalized spacial score (nSPS) is 13.3. The smallest absolute Gasteiger partial charge is 0.337 e. The summed E-state index contributed by atoms with van der Waals surface area (Å²) in [5.41, 5.74) is 1.60. The molecule has 0 aliphatic carbocycles. The van der Waals surface area contributed by atoms with Crippen molar-refractivity contribution in [2.45, 2.75) is 19.6 Å². The summed E-state index contributed by atoms with van der Waals surface area (Å²) in [4.78, 5) is 8.12. The number of carbonyl (C=O) groups is 1. The first-order chi connectivity index (χ1) is 28.7. The Hall–Kier alpha value is -6.44. The Morgan fingerprint density at radius 2 is 1.21 bits per heavy atom. The lowest BCUT2D eigenvalue weighted by Gasteiger charge is -2.23. The molecule has 0 saturated heterocycles. The van der Waals surface area contributed by atoms with Crippen LogP contribution < -0.4 is 10.9 Å². The molecule has 0 aliphatic rings. The molecule has 13 N–H and O–H groups in total. The van der Waals surface area contributed by atoms with Crippen molar-refractivity contribution in [3.8, 4) is 17.2 Å². The van der Waals surface area contributed by atoms with Gasteiger partial charge in [-0.1, -0.05) is 17.7 Å². The summed E-state index contributed by atoms with van der Waals surface area (Å²) >= 11 is 5.96. The van der Waals surface area contributed by atoms with Crippen LogP contribution in [0, 0.1) is 0 Å². The van der Waals surface area contributed by atoms with Gasteiger partial charge in [0, 0.05) is 15.8 Å². The van der Waals surface area contributed by atoms with Crippen molar-refractivity contribution in [1.82, 2.24) is 0 Å². The van der Waals surface area contributed by atoms with E-state index in [4.69, 9.17) is 22.5 Å². The van der Waals surface area contributed by atoms with E-state index in [0.717, 1.165) is 42.5 Å². The van der Waals surface area contributed by atoms with Crippen LogP contribution in [0.3, 0.4) is 0 Å². The number of rotatable bonds is 11. The second kappa shape index (κ2) is 16.1. The number of nitrogens with two attached hydrogens (primary N) is 2. The molecular formula is C33H25ClN8O16S4. The maximum atomic E-state index is 12.6. The Bertz CT molecular complexity index is 3360. The third-order valence-electron chi connectivity index (χ3n) is 8.46. The first kappa shape index (κ1) is 45.1. The van der Waals surface area contributed by atoms with Crippen LogP contribution in [0.15, 0.2) is 123 Å². The summed E-state index contributed by atoms with van der Waals surface area (Å²) < 4.78 is 124. The predicted octanol–water partition coefficient (Wildman–Crippen LogP) is 8.01. The first-order valence-corrected chi connectivity index (χ1v) is 22.5. The van der Waals surface area contributed by atoms with Crippen molar-refractivity contribution in [2.24, 2.45) is 35.8 Å². The number of fused-ring (bicyclic) bond motifs is 2. The molecule has 6 aromatic rings. The lowest BCUT2D eigenvalue weighted by Crippen LogP contribution is -2.11. The van der Waals surface area contributed by atoms with Crippen molar-refractivity contribution in [3.05, 3.63) is 83.4 Å². The number of nitrogens with zero attached hydrogens (tertiary/aromatic N) is 6. The largest absolute Gasteiger partial charge is 0.506 e. The minimum atomic E-state index is -5.32. The number of phenols is 3. The summed E-state index contributed by atoms with van der Waals surface area (Å²) in [5.74, 6) is -4.29. The highest BCUT2D eigenvalue weighted by atomic mass is 35.5. The topological polar surface area (TPSA) is 428 Å². The average Bonchev–Trinajstić information content (AvgIpc) is 3.15. The van der Waals surface area contributed by atoms with Crippen molar-refractivity contribution >= 4 is 120 Å². The van der Waals surface area contributed by atoms with Crippen LogP contribution in [0.4, 0.5) is 39.8 Å². The van der Waals surface area contributed by atoms with E-state index in [-0.39, 0.29) is 21.5 Å². The Kier molecular flexibility index (Phi) is 11.7. The van der Waals surface area contributed by atoms with Gasteiger partial charge in [-0.2, -0.15) is 21.9 Å². The second-order valence-electron chi connectivity index (χ2n) is 12.5. The number of primary sulfonamides is 1. The van der Waals surface area contributed by atoms with E-state index in [0.29, 0.717) is 12.1 Å². The van der Waals surface area contributed by atoms with E-state index in [1.54, 1.807) is 0 Å². The van der Waals surface area contributed by atoms with Gasteiger partial charge in [-0.3, -0.25) is 9.11 Å². The number of carboxylic acid groups (broad SMARTS) is 1. The fourth-order valence-corrected chi connectivity index (χ4v) is 8.37. The minimum absolute atomic E-state index is 0.0158. The number of nitrogen functional groups attached to an aromatic ring is 1. The van der Waals surface area contributed by atoms with Gasteiger partial charge in [-0.15, -0.1) is 25.6 Å². The van der Waals surface area contributed by atoms with E-state index in [1.165, 1.54) is 18.2 Å². The van der Waals surface area contributed by atoms with Gasteiger partial charge in [0.25, 0.3) is 20.2 Å². The lowest BCUT2D eigenvalue weighted by atomic mass is 10.0. The Morgan fingerprint density at radius 1 is 0.597 bits per heavy atom. The van der Waals surface area contributed by atoms with Crippen molar-refractivity contribution in [1.29, 1.82) is 0 Å². The Morgan fingerprint density at radius 3 is 1.81 bits per heavy atom. The number of benzene rings is 6. The average molecular weight is 953 g/mol. The number of carboxylic acids is 1. The van der Waals surface area contributed by atoms with Crippen LogP contribution in [-0.4, -0.2) is 74.4 Å². The third kappa shape index (κ3) is 9.09. The van der Waals surface area contributed by atoms with Crippen molar-refractivity contribution in [3.63, 3.8) is 0 Å². The fourth-order valence-electron chi connectivity index (χ4n) is 5.64. The van der Waals surface area contributed by atoms with E-state index in [9.17, 15) is 73.2 Å². The van der Waals surface area contributed by atoms with Gasteiger partial charge in [0.1, 0.15) is 54.8 Å². The van der Waals surface area contributed by atoms with Gasteiger partial charge in [0.05, 0.1) is 32.1 Å². The van der Waals surface area contributed by atoms with Crippen LogP contribution in [0.1, 0.15) is 10.4 Å². The van der Waals surface area contributed by atoms with Gasteiger partial charge in [-0.25, -0.2) is 18.4 Å². The van der Waals surface area contributed by atoms with E-state index in [1.807, 2.05) is 0 Å². The van der Waals surface area contributed by atoms with Crippen LogP contribution in [-0.2, 0) is 30.3 Å². The van der Waals surface area contributed by atoms with Crippen LogP contribution in [0.5, 0.6) is 17.2 Å². The zero-order chi connectivity index (χ0) is 45.9. The number of phenolic OH excluding ortho intramolecular Hbond substituents is 3. The van der Waals surface area contributed by atoms with Crippen molar-refractivity contribution in [2.75, 3.05) is 5.73 Å². The van der Waals surface area contributed by atoms with Crippen LogP contribution >= 0.6 is 22.5 Å². The highest BCUT2D eigenvalue weighted by Crippen LogP contribution is 2.57. The molecule has 0 aromatic heterocycles. The molecule has 29 heteroatoms. The second-order valence-corrected chi connectivity index (χ2v) is 18.8. The maximum Gasteiger partial charge on any atom is 0.337 e. The summed E-state index contributed by atoms with van der Waals surface area (Å²) in [6.45, 7) is 0. The fraction of sp³-hybridized carbons (Fsp3) is 0. The molecule has 24 nitrogen and oxygen atoms in total. The molecule has 0 saturated carbocycles. The Labute approximate surface area is 353 Å². The molecule has 0 fully saturated rings. The molecule has 0 amide bonds. The molecule has 0 bridgehead atoms. The molecule has 0 unspecified atom stereocenters. The highest BCUT2D eigenvalue weighted by Gasteiger charge is 2.30. The first-order valence-electron chi connectivity index (χ1n) is 16.2. The maximum absolute atomic E-state index is 12.6. The van der Waals surface area contributed by atoms with Gasteiger partial charge >= 0.3 is 5.97 Å². The Balaban J connectivity index is 1.52. The minimum Gasteiger partial charge on any atom is -0.506 e. The number of azo groups is 3. The van der Waals surface area contributed by atoms with Gasteiger partial charge in [0.2, 0.25) is 10.0 Å². The number of aromatic carboxylic acids is 1. The van der Waals surface area contributed by atoms with Gasteiger partial charge in [-0.05, 0) is 72.1 Å². The van der Waals surface area contributed by atoms with Gasteiger partial charge in [0.15, 0.2) is 11.5 Å². The molecule has 0 spiro atoms. The molecule has 62 heavy (non-hydrogen) atoms. The number of anilines is 1. The summed E-state index contributed by atoms with van der Waals surface area (Å²) in [6.07, 6.45) is 0. The molecule has 6 rings (SSSR count). The standard InChI is InChI=1S/C33H25ClN8O16S4/c34-14-2-5-17(33(46)47)20(8-14)38-42-30-26(62(56,57)58)11-19-24(60(50,51)52)12-22(28(35)27(19)32(30)45)40-37-15-3-1-13-7-25(61(53,54)55)29(31(44)18(13)9-15)41-39-21-10-16(59(36,48)49)4-6-23(21)43/h1-12,43-45,56-58H,35H2,(H,46,47)(H2,36,48,49)(H,50,51,52)(H,53,54,55). The van der Waals surface area contributed by atoms with Crippen LogP contribution in [0.2, 0.25) is 5.02 Å². The summed E-state index contributed by atoms with van der Waals surface area (Å²) in [5, 5.41) is 68.2. The molecule has 6 aromatic carbocycles. The zero-order valence-corrected chi connectivity index (χ0v) is 34.2. The van der Waals surface area contributed by atoms with Crippen molar-refractivity contribution < 1.29 is 73.2 Å². The quantitative estimate of drug-likeness (QED) is 0.0332.